The van der Waals surface area contributed by atoms with Crippen molar-refractivity contribution in [1.82, 2.24) is 14.8 Å². The van der Waals surface area contributed by atoms with Gasteiger partial charge in [0.05, 0.1) is 10.5 Å². The summed E-state index contributed by atoms with van der Waals surface area (Å²) in [6.07, 6.45) is 0. The number of hydrogen-bond acceptors (Lipinski definition) is 8. The number of anilines is 2. The molecule has 1 aliphatic heterocycles. The van der Waals surface area contributed by atoms with Gasteiger partial charge < -0.3 is 16.0 Å². The van der Waals surface area contributed by atoms with Gasteiger partial charge in [-0.05, 0) is 44.0 Å². The maximum absolute atomic E-state index is 12.4. The zero-order chi connectivity index (χ0) is 25.1. The standard InChI is InChI=1S/C24H27N7O3S/c1-4-29(5-2)18-12-8-17(9-13-18)21-20(22(25)32)15(3)26-23-27-24(28-30(21)23)35-14-16-6-10-19(11-7-16)31(33)34/h6-13,21H,4-5,14H2,1-3H3,(H2,25,32)(H,26,27,28). The van der Waals surface area contributed by atoms with Gasteiger partial charge in [0, 0.05) is 42.4 Å². The maximum atomic E-state index is 12.4. The van der Waals surface area contributed by atoms with Gasteiger partial charge in [0.15, 0.2) is 0 Å². The average molecular weight is 494 g/mol. The molecular weight excluding hydrogens is 466 g/mol. The number of nitrogens with zero attached hydrogens (tertiary/aromatic N) is 5. The lowest BCUT2D eigenvalue weighted by molar-refractivity contribution is -0.384. The fraction of sp³-hybridized carbons (Fsp3) is 0.292. The molecule has 4 rings (SSSR count). The number of nitro groups is 1. The number of amides is 1. The van der Waals surface area contributed by atoms with Gasteiger partial charge in [-0.1, -0.05) is 36.0 Å². The van der Waals surface area contributed by atoms with Gasteiger partial charge in [0.1, 0.15) is 6.04 Å². The minimum absolute atomic E-state index is 0.0499. The lowest BCUT2D eigenvalue weighted by Gasteiger charge is -2.28. The van der Waals surface area contributed by atoms with Crippen LogP contribution in [0.1, 0.15) is 37.9 Å². The number of carbonyl (C=O) groups is 1. The molecule has 3 aromatic rings. The van der Waals surface area contributed by atoms with E-state index in [0.717, 1.165) is 29.9 Å². The summed E-state index contributed by atoms with van der Waals surface area (Å²) in [6.45, 7) is 7.83. The van der Waals surface area contributed by atoms with Crippen LogP contribution in [0.2, 0.25) is 0 Å². The second-order valence-electron chi connectivity index (χ2n) is 8.07. The topological polar surface area (TPSA) is 132 Å². The van der Waals surface area contributed by atoms with Crippen LogP contribution in [-0.2, 0) is 10.5 Å². The number of carbonyl (C=O) groups excluding carboxylic acids is 1. The van der Waals surface area contributed by atoms with Crippen LogP contribution in [0.4, 0.5) is 17.3 Å². The Bertz CT molecular complexity index is 1270. The number of nitrogens with two attached hydrogens (primary N) is 1. The highest BCUT2D eigenvalue weighted by molar-refractivity contribution is 7.98. The number of aromatic nitrogens is 3. The molecule has 1 atom stereocenters. The molecule has 182 valence electrons. The number of allylic oxidation sites excluding steroid dienone is 1. The van der Waals surface area contributed by atoms with E-state index in [9.17, 15) is 14.9 Å². The molecule has 1 aliphatic rings. The lowest BCUT2D eigenvalue weighted by Crippen LogP contribution is -2.32. The second kappa shape index (κ2) is 10.2. The minimum atomic E-state index is -0.519. The molecule has 0 spiro atoms. The molecule has 10 nitrogen and oxygen atoms in total. The van der Waals surface area contributed by atoms with Crippen molar-refractivity contribution in [2.24, 2.45) is 5.73 Å². The molecule has 1 aromatic heterocycles. The largest absolute Gasteiger partial charge is 0.372 e. The SMILES string of the molecule is CCN(CC)c1ccc(C2C(C(N)=O)=C(C)Nc3nc(SCc4ccc([N+](=O)[O-])cc4)nn32)cc1. The highest BCUT2D eigenvalue weighted by atomic mass is 32.2. The van der Waals surface area contributed by atoms with Crippen molar-refractivity contribution in [3.63, 3.8) is 0 Å². The van der Waals surface area contributed by atoms with Crippen LogP contribution >= 0.6 is 11.8 Å². The number of benzene rings is 2. The molecular formula is C24H27N7O3S. The number of primary amides is 1. The second-order valence-corrected chi connectivity index (χ2v) is 9.01. The van der Waals surface area contributed by atoms with E-state index < -0.39 is 16.9 Å². The molecule has 1 unspecified atom stereocenters. The van der Waals surface area contributed by atoms with E-state index in [-0.39, 0.29) is 5.69 Å². The van der Waals surface area contributed by atoms with E-state index in [4.69, 9.17) is 5.73 Å². The molecule has 35 heavy (non-hydrogen) atoms. The number of nitro benzene ring substituents is 1. The first-order chi connectivity index (χ1) is 16.8. The van der Waals surface area contributed by atoms with Gasteiger partial charge in [-0.3, -0.25) is 14.9 Å². The first-order valence-corrected chi connectivity index (χ1v) is 12.3. The van der Waals surface area contributed by atoms with Crippen LogP contribution in [0.25, 0.3) is 0 Å². The lowest BCUT2D eigenvalue weighted by atomic mass is 9.95. The first kappa shape index (κ1) is 24.3. The number of thioether (sulfide) groups is 1. The summed E-state index contributed by atoms with van der Waals surface area (Å²) in [5, 5.41) is 19.2. The van der Waals surface area contributed by atoms with Crippen molar-refractivity contribution in [3.8, 4) is 0 Å². The smallest absolute Gasteiger partial charge is 0.269 e. The number of non-ortho nitro benzene ring substituents is 1. The van der Waals surface area contributed by atoms with Gasteiger partial charge in [-0.15, -0.1) is 5.10 Å². The summed E-state index contributed by atoms with van der Waals surface area (Å²) in [5.41, 5.74) is 9.81. The summed E-state index contributed by atoms with van der Waals surface area (Å²) >= 11 is 1.41. The van der Waals surface area contributed by atoms with E-state index in [0.29, 0.717) is 28.1 Å². The molecule has 0 bridgehead atoms. The molecule has 0 radical (unpaired) electrons. The third-order valence-corrected chi connectivity index (χ3v) is 6.86. The summed E-state index contributed by atoms with van der Waals surface area (Å²) in [6, 6.07) is 14.0. The van der Waals surface area contributed by atoms with E-state index in [1.807, 2.05) is 24.3 Å². The number of hydrogen-bond donors (Lipinski definition) is 2. The zero-order valence-corrected chi connectivity index (χ0v) is 20.6. The Balaban J connectivity index is 1.62. The van der Waals surface area contributed by atoms with Gasteiger partial charge in [0.2, 0.25) is 17.0 Å². The summed E-state index contributed by atoms with van der Waals surface area (Å²) in [5.74, 6) is 0.547. The van der Waals surface area contributed by atoms with E-state index in [1.54, 1.807) is 23.7 Å². The maximum Gasteiger partial charge on any atom is 0.269 e. The van der Waals surface area contributed by atoms with Gasteiger partial charge in [-0.25, -0.2) is 4.68 Å². The molecule has 1 amide bonds. The number of rotatable bonds is 9. The van der Waals surface area contributed by atoms with Gasteiger partial charge >= 0.3 is 0 Å². The monoisotopic (exact) mass is 493 g/mol. The predicted molar refractivity (Wildman–Crippen MR) is 136 cm³/mol. The molecule has 3 N–H and O–H groups in total. The summed E-state index contributed by atoms with van der Waals surface area (Å²) in [7, 11) is 0. The molecule has 11 heteroatoms. The van der Waals surface area contributed by atoms with Gasteiger partial charge in [0.25, 0.3) is 5.69 Å². The Morgan fingerprint density at radius 2 is 1.83 bits per heavy atom. The third kappa shape index (κ3) is 4.99. The molecule has 0 fully saturated rings. The van der Waals surface area contributed by atoms with Crippen molar-refractivity contribution >= 4 is 35.0 Å². The van der Waals surface area contributed by atoms with Crippen molar-refractivity contribution in [3.05, 3.63) is 81.0 Å². The Labute approximate surface area is 207 Å². The average Bonchev–Trinajstić information content (AvgIpc) is 3.25. The van der Waals surface area contributed by atoms with E-state index in [2.05, 4.69) is 34.1 Å². The van der Waals surface area contributed by atoms with Crippen LogP contribution in [-0.4, -0.2) is 38.7 Å². The quantitative estimate of drug-likeness (QED) is 0.259. The molecule has 2 heterocycles. The molecule has 0 aliphatic carbocycles. The van der Waals surface area contributed by atoms with Gasteiger partial charge in [-0.2, -0.15) is 4.98 Å². The van der Waals surface area contributed by atoms with Crippen molar-refractivity contribution < 1.29 is 9.72 Å². The van der Waals surface area contributed by atoms with Crippen LogP contribution < -0.4 is 16.0 Å². The summed E-state index contributed by atoms with van der Waals surface area (Å²) < 4.78 is 1.69. The summed E-state index contributed by atoms with van der Waals surface area (Å²) in [4.78, 5) is 29.7. The van der Waals surface area contributed by atoms with Crippen molar-refractivity contribution in [1.29, 1.82) is 0 Å². The van der Waals surface area contributed by atoms with Crippen LogP contribution in [0, 0.1) is 10.1 Å². The first-order valence-electron chi connectivity index (χ1n) is 11.3. The van der Waals surface area contributed by atoms with Crippen molar-refractivity contribution in [2.45, 2.75) is 37.7 Å². The van der Waals surface area contributed by atoms with Crippen LogP contribution in [0.3, 0.4) is 0 Å². The highest BCUT2D eigenvalue weighted by Gasteiger charge is 2.33. The van der Waals surface area contributed by atoms with Crippen LogP contribution in [0.15, 0.2) is 65.0 Å². The molecule has 2 aromatic carbocycles. The Morgan fingerprint density at radius 3 is 2.40 bits per heavy atom. The number of nitrogens with one attached hydrogen (secondary N) is 1. The fourth-order valence-electron chi connectivity index (χ4n) is 4.14. The third-order valence-electron chi connectivity index (χ3n) is 5.95. The van der Waals surface area contributed by atoms with E-state index in [1.165, 1.54) is 23.9 Å². The van der Waals surface area contributed by atoms with Crippen LogP contribution in [0.5, 0.6) is 0 Å². The molecule has 0 saturated heterocycles. The Kier molecular flexibility index (Phi) is 7.06. The molecule has 0 saturated carbocycles. The fourth-order valence-corrected chi connectivity index (χ4v) is 4.92. The minimum Gasteiger partial charge on any atom is -0.372 e. The number of fused-ring (bicyclic) bond motifs is 1. The normalized spacial score (nSPS) is 14.9. The van der Waals surface area contributed by atoms with E-state index >= 15 is 0 Å². The zero-order valence-electron chi connectivity index (χ0n) is 19.8. The predicted octanol–water partition coefficient (Wildman–Crippen LogP) is 4.10. The Hall–Kier alpha value is -3.86. The van der Waals surface area contributed by atoms with Crippen molar-refractivity contribution in [2.75, 3.05) is 23.3 Å². The Morgan fingerprint density at radius 1 is 1.17 bits per heavy atom. The highest BCUT2D eigenvalue weighted by Crippen LogP contribution is 2.37.